The Hall–Kier alpha value is -2.58. The number of amides is 2. The zero-order chi connectivity index (χ0) is 27.2. The number of carbonyl (C=O) groups excluding carboxylic acids is 2. The van der Waals surface area contributed by atoms with E-state index < -0.39 is 28.5 Å². The van der Waals surface area contributed by atoms with Crippen LogP contribution in [0, 0.1) is 0 Å². The molecule has 1 aliphatic carbocycles. The highest BCUT2D eigenvalue weighted by Gasteiger charge is 2.31. The number of benzene rings is 2. The Kier molecular flexibility index (Phi) is 10.0. The molecule has 2 amide bonds. The third-order valence-electron chi connectivity index (χ3n) is 6.89. The van der Waals surface area contributed by atoms with E-state index in [-0.39, 0.29) is 18.5 Å². The molecule has 2 aromatic carbocycles. The lowest BCUT2D eigenvalue weighted by Crippen LogP contribution is -2.52. The van der Waals surface area contributed by atoms with Gasteiger partial charge in [-0.1, -0.05) is 69.0 Å². The van der Waals surface area contributed by atoms with Crippen molar-refractivity contribution in [1.29, 1.82) is 0 Å². The van der Waals surface area contributed by atoms with Crippen LogP contribution in [0.4, 0.5) is 5.69 Å². The van der Waals surface area contributed by atoms with Gasteiger partial charge in [0, 0.05) is 17.6 Å². The monoisotopic (exact) mass is 547 g/mol. The molecule has 7 nitrogen and oxygen atoms in total. The summed E-state index contributed by atoms with van der Waals surface area (Å²) in [7, 11) is -3.76. The Morgan fingerprint density at radius 1 is 1.03 bits per heavy atom. The van der Waals surface area contributed by atoms with Gasteiger partial charge in [0.25, 0.3) is 0 Å². The summed E-state index contributed by atoms with van der Waals surface area (Å²) >= 11 is 6.17. The molecule has 0 spiro atoms. The second-order valence-electron chi connectivity index (χ2n) is 10.2. The molecular formula is C28H38ClN3O4S. The lowest BCUT2D eigenvalue weighted by Gasteiger charge is -2.33. The maximum Gasteiger partial charge on any atom is 0.244 e. The first kappa shape index (κ1) is 29.0. The maximum absolute atomic E-state index is 13.7. The van der Waals surface area contributed by atoms with Gasteiger partial charge in [0.1, 0.15) is 12.6 Å². The van der Waals surface area contributed by atoms with Crippen LogP contribution < -0.4 is 9.62 Å². The van der Waals surface area contributed by atoms with Gasteiger partial charge < -0.3 is 10.2 Å². The zero-order valence-corrected chi connectivity index (χ0v) is 23.7. The summed E-state index contributed by atoms with van der Waals surface area (Å²) in [6.45, 7) is 5.51. The average molecular weight is 548 g/mol. The number of rotatable bonds is 10. The minimum absolute atomic E-state index is 0.0961. The zero-order valence-electron chi connectivity index (χ0n) is 22.1. The van der Waals surface area contributed by atoms with Crippen molar-refractivity contribution in [3.63, 3.8) is 0 Å². The van der Waals surface area contributed by atoms with Crippen molar-refractivity contribution in [3.8, 4) is 0 Å². The topological polar surface area (TPSA) is 86.8 Å². The summed E-state index contributed by atoms with van der Waals surface area (Å²) in [5.74, 6) is -0.418. The van der Waals surface area contributed by atoms with Crippen LogP contribution in [-0.2, 0) is 26.2 Å². The number of hydrogen-bond donors (Lipinski definition) is 1. The molecule has 0 aliphatic heterocycles. The SMILES string of the molecule is CC(C)c1ccc(N(CC(=O)N(Cc2cccc(Cl)c2)[C@H](C)C(=O)NC2CCCCC2)S(C)(=O)=O)cc1. The van der Waals surface area contributed by atoms with Crippen LogP contribution in [-0.4, -0.2) is 50.0 Å². The molecule has 2 aromatic rings. The van der Waals surface area contributed by atoms with Crippen molar-refractivity contribution in [2.24, 2.45) is 0 Å². The lowest BCUT2D eigenvalue weighted by molar-refractivity contribution is -0.139. The molecule has 0 radical (unpaired) electrons. The largest absolute Gasteiger partial charge is 0.352 e. The second-order valence-corrected chi connectivity index (χ2v) is 12.5. The highest BCUT2D eigenvalue weighted by molar-refractivity contribution is 7.92. The molecule has 1 saturated carbocycles. The average Bonchev–Trinajstić information content (AvgIpc) is 2.85. The first-order valence-corrected chi connectivity index (χ1v) is 15.1. The van der Waals surface area contributed by atoms with E-state index in [4.69, 9.17) is 11.6 Å². The van der Waals surface area contributed by atoms with Crippen LogP contribution in [0.25, 0.3) is 0 Å². The maximum atomic E-state index is 13.7. The highest BCUT2D eigenvalue weighted by Crippen LogP contribution is 2.23. The fourth-order valence-electron chi connectivity index (χ4n) is 4.62. The van der Waals surface area contributed by atoms with E-state index in [2.05, 4.69) is 19.2 Å². The third-order valence-corrected chi connectivity index (χ3v) is 8.26. The van der Waals surface area contributed by atoms with Crippen LogP contribution in [0.3, 0.4) is 0 Å². The normalized spacial score (nSPS) is 15.3. The number of nitrogens with zero attached hydrogens (tertiary/aromatic N) is 2. The first-order valence-electron chi connectivity index (χ1n) is 12.9. The highest BCUT2D eigenvalue weighted by atomic mass is 35.5. The quantitative estimate of drug-likeness (QED) is 0.448. The van der Waals surface area contributed by atoms with Gasteiger partial charge in [0.15, 0.2) is 0 Å². The van der Waals surface area contributed by atoms with Gasteiger partial charge in [-0.05, 0) is 61.1 Å². The van der Waals surface area contributed by atoms with E-state index in [1.807, 2.05) is 18.2 Å². The molecule has 0 unspecified atom stereocenters. The molecule has 202 valence electrons. The number of anilines is 1. The van der Waals surface area contributed by atoms with E-state index in [1.54, 1.807) is 37.3 Å². The van der Waals surface area contributed by atoms with E-state index in [9.17, 15) is 18.0 Å². The molecule has 37 heavy (non-hydrogen) atoms. The molecule has 1 N–H and O–H groups in total. The Balaban J connectivity index is 1.87. The van der Waals surface area contributed by atoms with Gasteiger partial charge in [0.05, 0.1) is 11.9 Å². The minimum atomic E-state index is -3.76. The molecule has 1 fully saturated rings. The number of halogens is 1. The molecule has 3 rings (SSSR count). The molecule has 1 atom stereocenters. The summed E-state index contributed by atoms with van der Waals surface area (Å²) in [4.78, 5) is 28.3. The van der Waals surface area contributed by atoms with Crippen LogP contribution >= 0.6 is 11.6 Å². The molecular weight excluding hydrogens is 510 g/mol. The van der Waals surface area contributed by atoms with Crippen molar-refractivity contribution in [3.05, 3.63) is 64.7 Å². The van der Waals surface area contributed by atoms with Gasteiger partial charge in [-0.2, -0.15) is 0 Å². The smallest absolute Gasteiger partial charge is 0.244 e. The Morgan fingerprint density at radius 3 is 2.24 bits per heavy atom. The van der Waals surface area contributed by atoms with Crippen molar-refractivity contribution in [1.82, 2.24) is 10.2 Å². The predicted molar refractivity (Wildman–Crippen MR) is 149 cm³/mol. The fourth-order valence-corrected chi connectivity index (χ4v) is 5.69. The van der Waals surface area contributed by atoms with E-state index >= 15 is 0 Å². The van der Waals surface area contributed by atoms with E-state index in [0.717, 1.165) is 47.4 Å². The first-order chi connectivity index (χ1) is 17.5. The van der Waals surface area contributed by atoms with Crippen LogP contribution in [0.5, 0.6) is 0 Å². The number of nitrogens with one attached hydrogen (secondary N) is 1. The summed E-state index contributed by atoms with van der Waals surface area (Å²) in [5.41, 5.74) is 2.23. The summed E-state index contributed by atoms with van der Waals surface area (Å²) in [5, 5.41) is 3.61. The van der Waals surface area contributed by atoms with Crippen LogP contribution in [0.15, 0.2) is 48.5 Å². The van der Waals surface area contributed by atoms with Crippen LogP contribution in [0.2, 0.25) is 5.02 Å². The molecule has 0 aromatic heterocycles. The fraction of sp³-hybridized carbons (Fsp3) is 0.500. The minimum Gasteiger partial charge on any atom is -0.352 e. The van der Waals surface area contributed by atoms with Crippen molar-refractivity contribution >= 4 is 39.1 Å². The van der Waals surface area contributed by atoms with Gasteiger partial charge >= 0.3 is 0 Å². The Labute approximate surface area is 226 Å². The number of hydrogen-bond acceptors (Lipinski definition) is 4. The molecule has 1 aliphatic rings. The molecule has 0 heterocycles. The van der Waals surface area contributed by atoms with Gasteiger partial charge in [-0.3, -0.25) is 13.9 Å². The lowest BCUT2D eigenvalue weighted by atomic mass is 9.95. The van der Waals surface area contributed by atoms with E-state index in [0.29, 0.717) is 16.6 Å². The van der Waals surface area contributed by atoms with Crippen LogP contribution in [0.1, 0.15) is 69.9 Å². The van der Waals surface area contributed by atoms with Gasteiger partial charge in [-0.25, -0.2) is 8.42 Å². The predicted octanol–water partition coefficient (Wildman–Crippen LogP) is 5.10. The van der Waals surface area contributed by atoms with Gasteiger partial charge in [0.2, 0.25) is 21.8 Å². The number of sulfonamides is 1. The standard InChI is InChI=1S/C28H38ClN3O4S/c1-20(2)23-13-15-26(16-14-23)32(37(4,35)36)19-27(33)31(18-22-9-8-10-24(29)17-22)21(3)28(34)30-25-11-6-5-7-12-25/h8-10,13-17,20-21,25H,5-7,11-12,18-19H2,1-4H3,(H,30,34)/t21-/m1/s1. The van der Waals surface area contributed by atoms with E-state index in [1.165, 1.54) is 11.3 Å². The molecule has 0 bridgehead atoms. The Morgan fingerprint density at radius 2 is 1.68 bits per heavy atom. The second kappa shape index (κ2) is 12.8. The van der Waals surface area contributed by atoms with Gasteiger partial charge in [-0.15, -0.1) is 0 Å². The summed E-state index contributed by atoms with van der Waals surface area (Å²) in [6, 6.07) is 13.6. The molecule has 9 heteroatoms. The summed E-state index contributed by atoms with van der Waals surface area (Å²) in [6.07, 6.45) is 6.24. The van der Waals surface area contributed by atoms with Crippen molar-refractivity contribution < 1.29 is 18.0 Å². The Bertz CT molecular complexity index is 1180. The van der Waals surface area contributed by atoms with Crippen molar-refractivity contribution in [2.75, 3.05) is 17.1 Å². The number of carbonyl (C=O) groups is 2. The molecule has 0 saturated heterocycles. The third kappa shape index (κ3) is 8.20. The summed E-state index contributed by atoms with van der Waals surface area (Å²) < 4.78 is 26.6. The van der Waals surface area contributed by atoms with Crippen molar-refractivity contribution in [2.45, 2.75) is 77.4 Å².